The van der Waals surface area contributed by atoms with E-state index in [1.54, 1.807) is 6.92 Å². The van der Waals surface area contributed by atoms with Crippen molar-refractivity contribution in [2.24, 2.45) is 17.8 Å². The van der Waals surface area contributed by atoms with E-state index in [0.717, 1.165) is 12.3 Å². The topological polar surface area (TPSA) is 120 Å². The van der Waals surface area contributed by atoms with Gasteiger partial charge >= 0.3 is 5.97 Å². The monoisotopic (exact) mass is 564 g/mol. The number of sulfonamides is 1. The van der Waals surface area contributed by atoms with Gasteiger partial charge in [0, 0.05) is 12.1 Å². The van der Waals surface area contributed by atoms with Gasteiger partial charge in [0.05, 0.1) is 35.4 Å². The summed E-state index contributed by atoms with van der Waals surface area (Å²) in [5.74, 6) is 1.25. The summed E-state index contributed by atoms with van der Waals surface area (Å²) >= 11 is 6.16. The lowest BCUT2D eigenvalue weighted by molar-refractivity contribution is -0.125. The first-order chi connectivity index (χ1) is 18.0. The molecule has 0 aliphatic heterocycles. The molecular formula is C27H33ClN2O7S. The second-order valence-corrected chi connectivity index (χ2v) is 12.1. The fourth-order valence-corrected chi connectivity index (χ4v) is 6.98. The Morgan fingerprint density at radius 1 is 1.08 bits per heavy atom. The van der Waals surface area contributed by atoms with Crippen molar-refractivity contribution in [2.45, 2.75) is 50.5 Å². The van der Waals surface area contributed by atoms with Crippen LogP contribution in [0.3, 0.4) is 0 Å². The van der Waals surface area contributed by atoms with Gasteiger partial charge in [-0.1, -0.05) is 24.1 Å². The molecule has 0 heterocycles. The van der Waals surface area contributed by atoms with Crippen LogP contribution in [0.15, 0.2) is 35.2 Å². The van der Waals surface area contributed by atoms with Crippen molar-refractivity contribution in [1.82, 2.24) is 5.32 Å². The molecular weight excluding hydrogens is 532 g/mol. The second-order valence-electron chi connectivity index (χ2n) is 10.0. The van der Waals surface area contributed by atoms with E-state index < -0.39 is 22.6 Å². The molecule has 1 amide bonds. The predicted octanol–water partition coefficient (Wildman–Crippen LogP) is 4.56. The number of anilines is 1. The molecule has 0 spiro atoms. The molecule has 0 saturated heterocycles. The van der Waals surface area contributed by atoms with Crippen LogP contribution in [0.4, 0.5) is 5.69 Å². The number of carbonyl (C=O) groups is 2. The number of amides is 1. The summed E-state index contributed by atoms with van der Waals surface area (Å²) < 4.78 is 44.3. The average Bonchev–Trinajstić information content (AvgIpc) is 3.51. The van der Waals surface area contributed by atoms with E-state index in [2.05, 4.69) is 10.0 Å². The lowest BCUT2D eigenvalue weighted by atomic mass is 9.84. The summed E-state index contributed by atoms with van der Waals surface area (Å²) in [5.41, 5.74) is 0.653. The number of rotatable bonds is 10. The fraction of sp³-hybridized carbons (Fsp3) is 0.481. The Labute approximate surface area is 228 Å². The molecule has 2 N–H and O–H groups in total. The molecule has 38 heavy (non-hydrogen) atoms. The average molecular weight is 565 g/mol. The highest BCUT2D eigenvalue weighted by Gasteiger charge is 2.42. The van der Waals surface area contributed by atoms with Crippen LogP contribution in [-0.4, -0.2) is 47.2 Å². The quantitative estimate of drug-likeness (QED) is 0.406. The summed E-state index contributed by atoms with van der Waals surface area (Å²) in [7, 11) is -1.32. The fourth-order valence-electron chi connectivity index (χ4n) is 5.65. The Morgan fingerprint density at radius 2 is 1.82 bits per heavy atom. The lowest BCUT2D eigenvalue weighted by Gasteiger charge is -2.28. The Morgan fingerprint density at radius 3 is 2.45 bits per heavy atom. The molecule has 2 saturated carbocycles. The third kappa shape index (κ3) is 6.02. The zero-order valence-electron chi connectivity index (χ0n) is 21.9. The normalized spacial score (nSPS) is 21.0. The van der Waals surface area contributed by atoms with Gasteiger partial charge in [0.15, 0.2) is 6.61 Å². The molecule has 2 aliphatic rings. The number of fused-ring (bicyclic) bond motifs is 2. The summed E-state index contributed by atoms with van der Waals surface area (Å²) in [6.07, 6.45) is 4.88. The number of esters is 1. The SMILES string of the molecule is COc1cc(OC)c(NS(=O)(=O)c2ccc(C)c(C(=O)OCC(=O)N[C@H](C)[C@@H]3C[C@H]4CC[C@H]3C4)c2)cc1Cl. The highest BCUT2D eigenvalue weighted by Crippen LogP contribution is 2.49. The van der Waals surface area contributed by atoms with Gasteiger partial charge in [0.25, 0.3) is 15.9 Å². The first kappa shape index (κ1) is 28.0. The zero-order valence-corrected chi connectivity index (χ0v) is 23.4. The first-order valence-corrected chi connectivity index (χ1v) is 14.4. The maximum absolute atomic E-state index is 13.1. The van der Waals surface area contributed by atoms with E-state index in [0.29, 0.717) is 23.1 Å². The van der Waals surface area contributed by atoms with Gasteiger partial charge in [0.1, 0.15) is 11.5 Å². The number of carbonyl (C=O) groups excluding carboxylic acids is 2. The number of methoxy groups -OCH3 is 2. The van der Waals surface area contributed by atoms with E-state index in [4.69, 9.17) is 25.8 Å². The highest BCUT2D eigenvalue weighted by atomic mass is 35.5. The van der Waals surface area contributed by atoms with Gasteiger partial charge in [-0.15, -0.1) is 0 Å². The summed E-state index contributed by atoms with van der Waals surface area (Å²) in [5, 5.41) is 3.15. The molecule has 206 valence electrons. The third-order valence-electron chi connectivity index (χ3n) is 7.62. The molecule has 2 bridgehead atoms. The number of ether oxygens (including phenoxy) is 3. The van der Waals surface area contributed by atoms with Crippen LogP contribution in [0, 0.1) is 24.7 Å². The van der Waals surface area contributed by atoms with Crippen LogP contribution in [0.25, 0.3) is 0 Å². The van der Waals surface area contributed by atoms with Crippen molar-refractivity contribution in [2.75, 3.05) is 25.5 Å². The Kier molecular flexibility index (Phi) is 8.42. The number of benzene rings is 2. The molecule has 11 heteroatoms. The van der Waals surface area contributed by atoms with Gasteiger partial charge in [-0.25, -0.2) is 13.2 Å². The van der Waals surface area contributed by atoms with Crippen molar-refractivity contribution in [3.05, 3.63) is 46.5 Å². The predicted molar refractivity (Wildman–Crippen MR) is 143 cm³/mol. The standard InChI is InChI=1S/C27H33ClN2O7S/c1-15-5-8-19(38(33,34)30-23-12-22(28)24(35-3)13-25(23)36-4)11-20(15)27(32)37-14-26(31)29-16(2)21-10-17-6-7-18(21)9-17/h5,8,11-13,16-18,21,30H,6-7,9-10,14H2,1-4H3,(H,29,31)/t16-,17+,18+,21+/m1/s1. The molecule has 2 aliphatic carbocycles. The first-order valence-electron chi connectivity index (χ1n) is 12.5. The summed E-state index contributed by atoms with van der Waals surface area (Å²) in [6, 6.07) is 6.93. The maximum atomic E-state index is 13.1. The van der Waals surface area contributed by atoms with Gasteiger partial charge in [0.2, 0.25) is 0 Å². The van der Waals surface area contributed by atoms with E-state index in [1.165, 1.54) is 63.8 Å². The molecule has 0 unspecified atom stereocenters. The minimum atomic E-state index is -4.13. The molecule has 2 fully saturated rings. The molecule has 0 radical (unpaired) electrons. The molecule has 9 nitrogen and oxygen atoms in total. The van der Waals surface area contributed by atoms with Crippen molar-refractivity contribution in [1.29, 1.82) is 0 Å². The lowest BCUT2D eigenvalue weighted by Crippen LogP contribution is -2.42. The van der Waals surface area contributed by atoms with Crippen LogP contribution >= 0.6 is 11.6 Å². The highest BCUT2D eigenvalue weighted by molar-refractivity contribution is 7.92. The van der Waals surface area contributed by atoms with Crippen LogP contribution in [0.5, 0.6) is 11.5 Å². The van der Waals surface area contributed by atoms with Crippen molar-refractivity contribution in [3.63, 3.8) is 0 Å². The van der Waals surface area contributed by atoms with Gasteiger partial charge < -0.3 is 19.5 Å². The Balaban J connectivity index is 1.42. The van der Waals surface area contributed by atoms with E-state index in [9.17, 15) is 18.0 Å². The smallest absolute Gasteiger partial charge is 0.338 e. The number of nitrogens with one attached hydrogen (secondary N) is 2. The van der Waals surface area contributed by atoms with Gasteiger partial charge in [-0.2, -0.15) is 0 Å². The summed E-state index contributed by atoms with van der Waals surface area (Å²) in [6.45, 7) is 3.21. The van der Waals surface area contributed by atoms with Crippen LogP contribution in [0.2, 0.25) is 5.02 Å². The molecule has 2 aromatic rings. The van der Waals surface area contributed by atoms with Crippen molar-refractivity contribution < 1.29 is 32.2 Å². The van der Waals surface area contributed by atoms with E-state index in [-0.39, 0.29) is 38.9 Å². The second kappa shape index (κ2) is 11.4. The van der Waals surface area contributed by atoms with Gasteiger partial charge in [-0.3, -0.25) is 9.52 Å². The summed E-state index contributed by atoms with van der Waals surface area (Å²) in [4.78, 5) is 25.1. The molecule has 4 rings (SSSR count). The third-order valence-corrected chi connectivity index (χ3v) is 9.27. The van der Waals surface area contributed by atoms with Gasteiger partial charge in [-0.05, 0) is 74.6 Å². The number of aryl methyl sites for hydroxylation is 1. The largest absolute Gasteiger partial charge is 0.495 e. The molecule has 4 atom stereocenters. The molecule has 2 aromatic carbocycles. The number of halogens is 1. The minimum Gasteiger partial charge on any atom is -0.495 e. The maximum Gasteiger partial charge on any atom is 0.338 e. The minimum absolute atomic E-state index is 0.0150. The van der Waals surface area contributed by atoms with Crippen LogP contribution in [0.1, 0.15) is 48.5 Å². The number of hydrogen-bond donors (Lipinski definition) is 2. The zero-order chi connectivity index (χ0) is 27.6. The van der Waals surface area contributed by atoms with Crippen LogP contribution in [-0.2, 0) is 19.6 Å². The Bertz CT molecular complexity index is 1330. The van der Waals surface area contributed by atoms with E-state index in [1.807, 2.05) is 6.92 Å². The number of hydrogen-bond acceptors (Lipinski definition) is 7. The van der Waals surface area contributed by atoms with Crippen molar-refractivity contribution >= 4 is 39.2 Å². The molecule has 0 aromatic heterocycles. The van der Waals surface area contributed by atoms with Crippen molar-refractivity contribution in [3.8, 4) is 11.5 Å². The van der Waals surface area contributed by atoms with E-state index >= 15 is 0 Å². The van der Waals surface area contributed by atoms with Crippen LogP contribution < -0.4 is 19.5 Å². The Hall–Kier alpha value is -2.98.